The third-order valence-electron chi connectivity index (χ3n) is 4.11. The molecule has 2 aromatic carbocycles. The number of ether oxygens (including phenoxy) is 1. The number of carbonyl (C=O) groups is 1. The second-order valence-corrected chi connectivity index (χ2v) is 10.1. The number of esters is 1. The molecule has 1 atom stereocenters. The number of hydrogen-bond acceptors (Lipinski definition) is 6. The number of nitrogens with one attached hydrogen (secondary N) is 1. The Hall–Kier alpha value is -2.56. The molecule has 2 rings (SSSR count). The van der Waals surface area contributed by atoms with E-state index >= 15 is 0 Å². The van der Waals surface area contributed by atoms with Gasteiger partial charge in [0.25, 0.3) is 0 Å². The number of rotatable bonds is 12. The van der Waals surface area contributed by atoms with Crippen molar-refractivity contribution in [3.05, 3.63) is 73.3 Å². The summed E-state index contributed by atoms with van der Waals surface area (Å²) >= 11 is 0. The fraction of sp³-hybridized carbons (Fsp3) is 0.375. The molecule has 0 amide bonds. The average Bonchev–Trinajstić information content (AvgIpc) is 2.70. The van der Waals surface area contributed by atoms with E-state index in [1.807, 2.05) is 32.9 Å². The number of benzene rings is 2. The first-order chi connectivity index (χ1) is 14.7. The molecule has 0 aliphatic carbocycles. The van der Waals surface area contributed by atoms with Crippen molar-refractivity contribution in [2.45, 2.75) is 51.4 Å². The van der Waals surface area contributed by atoms with Crippen LogP contribution in [0.25, 0.3) is 0 Å². The molecule has 7 heteroatoms. The fourth-order valence-electron chi connectivity index (χ4n) is 2.83. The molecule has 0 radical (unpaired) electrons. The van der Waals surface area contributed by atoms with Crippen LogP contribution in [0.15, 0.2) is 73.3 Å². The minimum Gasteiger partial charge on any atom is -0.460 e. The molecular weight excluding hydrogens is 413 g/mol. The lowest BCUT2D eigenvalue weighted by Crippen LogP contribution is -2.33. The van der Waals surface area contributed by atoms with Crippen molar-refractivity contribution in [1.29, 1.82) is 0 Å². The molecule has 0 heterocycles. The summed E-state index contributed by atoms with van der Waals surface area (Å²) in [5.41, 5.74) is -0.542. The van der Waals surface area contributed by atoms with E-state index in [1.165, 1.54) is 0 Å². The third-order valence-corrected chi connectivity index (χ3v) is 6.24. The molecule has 0 aliphatic heterocycles. The summed E-state index contributed by atoms with van der Waals surface area (Å²) in [4.78, 5) is 12.1. The highest BCUT2D eigenvalue weighted by Crippen LogP contribution is 2.53. The Balaban J connectivity index is 2.20. The Morgan fingerprint density at radius 2 is 1.55 bits per heavy atom. The van der Waals surface area contributed by atoms with Crippen LogP contribution in [-0.2, 0) is 14.1 Å². The van der Waals surface area contributed by atoms with Gasteiger partial charge in [-0.05, 0) is 57.9 Å². The van der Waals surface area contributed by atoms with Crippen LogP contribution >= 0.6 is 7.60 Å². The zero-order valence-electron chi connectivity index (χ0n) is 18.5. The molecule has 168 valence electrons. The van der Waals surface area contributed by atoms with Crippen LogP contribution in [-0.4, -0.2) is 23.9 Å². The third kappa shape index (κ3) is 8.99. The van der Waals surface area contributed by atoms with Crippen LogP contribution in [0.1, 0.15) is 40.0 Å². The maximum Gasteiger partial charge on any atom is 0.447 e. The van der Waals surface area contributed by atoms with Gasteiger partial charge >= 0.3 is 13.6 Å². The second-order valence-electron chi connectivity index (χ2n) is 8.04. The van der Waals surface area contributed by atoms with Crippen molar-refractivity contribution >= 4 is 13.6 Å². The summed E-state index contributed by atoms with van der Waals surface area (Å²) in [6.45, 7) is 9.62. The zero-order valence-corrected chi connectivity index (χ0v) is 19.3. The lowest BCUT2D eigenvalue weighted by molar-refractivity contribution is -0.154. The van der Waals surface area contributed by atoms with Crippen molar-refractivity contribution in [3.8, 4) is 11.5 Å². The SMILES string of the molecule is C=CCNC(CCCC(=O)OC(C)(C)C)P(=O)(Oc1ccccc1)Oc1ccccc1. The van der Waals surface area contributed by atoms with Gasteiger partial charge in [-0.25, -0.2) is 4.57 Å². The lowest BCUT2D eigenvalue weighted by atomic mass is 10.2. The Morgan fingerprint density at radius 3 is 2.00 bits per heavy atom. The van der Waals surface area contributed by atoms with Crippen molar-refractivity contribution in [2.75, 3.05) is 6.54 Å². The van der Waals surface area contributed by atoms with E-state index in [4.69, 9.17) is 13.8 Å². The first-order valence-corrected chi connectivity index (χ1v) is 12.0. The molecule has 0 saturated carbocycles. The van der Waals surface area contributed by atoms with Crippen molar-refractivity contribution < 1.29 is 23.1 Å². The average molecular weight is 445 g/mol. The van der Waals surface area contributed by atoms with E-state index in [1.54, 1.807) is 54.6 Å². The van der Waals surface area contributed by atoms with E-state index < -0.39 is 19.0 Å². The summed E-state index contributed by atoms with van der Waals surface area (Å²) < 4.78 is 31.2. The normalized spacial score (nSPS) is 12.6. The molecule has 0 fully saturated rings. The predicted octanol–water partition coefficient (Wildman–Crippen LogP) is 5.95. The number of para-hydroxylation sites is 2. The Morgan fingerprint density at radius 1 is 1.03 bits per heavy atom. The highest BCUT2D eigenvalue weighted by molar-refractivity contribution is 7.55. The van der Waals surface area contributed by atoms with Gasteiger partial charge in [0.15, 0.2) is 0 Å². The molecule has 0 bridgehead atoms. The van der Waals surface area contributed by atoms with Crippen LogP contribution in [0.5, 0.6) is 11.5 Å². The van der Waals surface area contributed by atoms with Crippen molar-refractivity contribution in [2.24, 2.45) is 0 Å². The number of hydrogen-bond donors (Lipinski definition) is 1. The topological polar surface area (TPSA) is 73.9 Å². The van der Waals surface area contributed by atoms with Gasteiger partial charge in [-0.15, -0.1) is 6.58 Å². The Kier molecular flexibility index (Phi) is 9.35. The van der Waals surface area contributed by atoms with Crippen LogP contribution < -0.4 is 14.4 Å². The van der Waals surface area contributed by atoms with Gasteiger partial charge in [0, 0.05) is 13.0 Å². The minimum atomic E-state index is -3.71. The van der Waals surface area contributed by atoms with Crippen LogP contribution in [0, 0.1) is 0 Å². The molecule has 0 spiro atoms. The smallest absolute Gasteiger partial charge is 0.447 e. The molecule has 6 nitrogen and oxygen atoms in total. The summed E-state index contributed by atoms with van der Waals surface area (Å²) in [5, 5.41) is 3.19. The molecule has 0 saturated heterocycles. The lowest BCUT2D eigenvalue weighted by Gasteiger charge is -2.28. The molecule has 1 unspecified atom stereocenters. The molecule has 2 aromatic rings. The van der Waals surface area contributed by atoms with Gasteiger partial charge in [-0.1, -0.05) is 42.5 Å². The van der Waals surface area contributed by atoms with Gasteiger partial charge in [-0.2, -0.15) is 0 Å². The monoisotopic (exact) mass is 445 g/mol. The van der Waals surface area contributed by atoms with E-state index in [0.29, 0.717) is 30.9 Å². The van der Waals surface area contributed by atoms with E-state index in [2.05, 4.69) is 11.9 Å². The summed E-state index contributed by atoms with van der Waals surface area (Å²) in [5.74, 6) is -0.0512. The summed E-state index contributed by atoms with van der Waals surface area (Å²) in [6, 6.07) is 17.8. The predicted molar refractivity (Wildman–Crippen MR) is 123 cm³/mol. The maximum atomic E-state index is 14.0. The van der Waals surface area contributed by atoms with Crippen LogP contribution in [0.2, 0.25) is 0 Å². The second kappa shape index (κ2) is 11.7. The van der Waals surface area contributed by atoms with Gasteiger partial charge in [0.1, 0.15) is 22.9 Å². The summed E-state index contributed by atoms with van der Waals surface area (Å²) in [6.07, 6.45) is 2.74. The first kappa shape index (κ1) is 24.7. The molecule has 1 N–H and O–H groups in total. The number of carbonyl (C=O) groups excluding carboxylic acids is 1. The van der Waals surface area contributed by atoms with Gasteiger partial charge in [0.2, 0.25) is 0 Å². The Labute approximate surface area is 185 Å². The van der Waals surface area contributed by atoms with Gasteiger partial charge in [-0.3, -0.25) is 10.1 Å². The molecule has 0 aliphatic rings. The van der Waals surface area contributed by atoms with Gasteiger partial charge in [0.05, 0.1) is 0 Å². The minimum absolute atomic E-state index is 0.209. The van der Waals surface area contributed by atoms with Crippen LogP contribution in [0.3, 0.4) is 0 Å². The largest absolute Gasteiger partial charge is 0.460 e. The van der Waals surface area contributed by atoms with E-state index in [-0.39, 0.29) is 12.4 Å². The molecule has 31 heavy (non-hydrogen) atoms. The zero-order chi connectivity index (χ0) is 22.7. The Bertz CT molecular complexity index is 819. The van der Waals surface area contributed by atoms with Crippen molar-refractivity contribution in [1.82, 2.24) is 5.32 Å². The summed E-state index contributed by atoms with van der Waals surface area (Å²) in [7, 11) is -3.71. The molecule has 0 aromatic heterocycles. The highest BCUT2D eigenvalue weighted by atomic mass is 31.2. The highest BCUT2D eigenvalue weighted by Gasteiger charge is 2.39. The first-order valence-electron chi connectivity index (χ1n) is 10.4. The van der Waals surface area contributed by atoms with Crippen LogP contribution in [0.4, 0.5) is 0 Å². The van der Waals surface area contributed by atoms with Gasteiger partial charge < -0.3 is 13.8 Å². The van der Waals surface area contributed by atoms with E-state index in [0.717, 1.165) is 0 Å². The maximum absolute atomic E-state index is 14.0. The van der Waals surface area contributed by atoms with Crippen molar-refractivity contribution in [3.63, 3.8) is 0 Å². The van der Waals surface area contributed by atoms with E-state index in [9.17, 15) is 9.36 Å². The fourth-order valence-corrected chi connectivity index (χ4v) is 4.78. The standard InChI is InChI=1S/C24H32NO5P/c1-5-19-25-22(17-12-18-23(26)28-24(2,3)4)31(27,29-20-13-8-6-9-14-20)30-21-15-10-7-11-16-21/h5-11,13-16,22,25H,1,12,17-19H2,2-4H3. The molecular formula is C24H32NO5P. The quantitative estimate of drug-likeness (QED) is 0.247.